The molecular weight excluding hydrogens is 394 g/mol. The molecule has 0 radical (unpaired) electrons. The van der Waals surface area contributed by atoms with Crippen LogP contribution in [0.2, 0.25) is 0 Å². The molecule has 0 saturated carbocycles. The predicted molar refractivity (Wildman–Crippen MR) is 121 cm³/mol. The summed E-state index contributed by atoms with van der Waals surface area (Å²) in [6, 6.07) is 12.9. The van der Waals surface area contributed by atoms with Gasteiger partial charge in [-0.15, -0.1) is 0 Å². The van der Waals surface area contributed by atoms with Crippen LogP contribution in [0.1, 0.15) is 23.9 Å². The number of benzene rings is 2. The van der Waals surface area contributed by atoms with Gasteiger partial charge in [0.25, 0.3) is 5.56 Å². The molecule has 0 aliphatic carbocycles. The fourth-order valence-electron chi connectivity index (χ4n) is 3.33. The van der Waals surface area contributed by atoms with Crippen molar-refractivity contribution in [1.82, 2.24) is 20.2 Å². The number of hydrogen-bond acceptors (Lipinski definition) is 5. The maximum Gasteiger partial charge on any atom is 0.258 e. The molecular formula is C23H27N5O3. The lowest BCUT2D eigenvalue weighted by Crippen LogP contribution is -2.40. The van der Waals surface area contributed by atoms with Crippen molar-refractivity contribution >= 4 is 28.4 Å². The second-order valence-electron chi connectivity index (χ2n) is 7.42. The zero-order valence-corrected chi connectivity index (χ0v) is 18.0. The number of para-hydroxylation sites is 2. The highest BCUT2D eigenvalue weighted by Gasteiger charge is 2.14. The number of anilines is 1. The van der Waals surface area contributed by atoms with Gasteiger partial charge in [-0.1, -0.05) is 37.3 Å². The van der Waals surface area contributed by atoms with E-state index < -0.39 is 0 Å². The number of aromatic nitrogens is 2. The van der Waals surface area contributed by atoms with E-state index in [2.05, 4.69) is 20.6 Å². The number of aromatic amines is 1. The maximum absolute atomic E-state index is 12.3. The van der Waals surface area contributed by atoms with Crippen LogP contribution in [0.3, 0.4) is 0 Å². The first-order chi connectivity index (χ1) is 14.9. The topological polar surface area (TPSA) is 107 Å². The summed E-state index contributed by atoms with van der Waals surface area (Å²) in [5, 5.41) is 6.03. The molecule has 2 amide bonds. The molecule has 0 saturated heterocycles. The number of rotatable bonds is 8. The van der Waals surface area contributed by atoms with Gasteiger partial charge in [0.1, 0.15) is 5.82 Å². The molecule has 0 spiro atoms. The third kappa shape index (κ3) is 5.76. The quantitative estimate of drug-likeness (QED) is 0.516. The normalized spacial score (nSPS) is 11.0. The lowest BCUT2D eigenvalue weighted by molar-refractivity contribution is -0.125. The van der Waals surface area contributed by atoms with Gasteiger partial charge < -0.3 is 15.6 Å². The second-order valence-corrected chi connectivity index (χ2v) is 7.42. The van der Waals surface area contributed by atoms with Crippen molar-refractivity contribution in [2.24, 2.45) is 0 Å². The molecule has 3 aromatic rings. The monoisotopic (exact) mass is 421 g/mol. The molecule has 0 unspecified atom stereocenters. The van der Waals surface area contributed by atoms with Crippen molar-refractivity contribution in [2.75, 3.05) is 25.0 Å². The van der Waals surface area contributed by atoms with Crippen LogP contribution in [0, 0.1) is 13.8 Å². The average Bonchev–Trinajstić information content (AvgIpc) is 2.74. The molecule has 8 nitrogen and oxygen atoms in total. The number of hydrogen-bond donors (Lipinski definition) is 3. The standard InChI is InChI=1S/C23H27N5O3/c1-4-28(13-19-25-18-11-6-5-10-17(18)23(31)26-19)14-21(30)24-12-20(29)27-22-15(2)8-7-9-16(22)3/h5-11H,4,12-14H2,1-3H3,(H,24,30)(H,27,29)(H,25,26,31). The van der Waals surface area contributed by atoms with E-state index in [1.165, 1.54) is 0 Å². The number of carbonyl (C=O) groups is 2. The summed E-state index contributed by atoms with van der Waals surface area (Å²) in [6.07, 6.45) is 0. The third-order valence-electron chi connectivity index (χ3n) is 5.04. The summed E-state index contributed by atoms with van der Waals surface area (Å²) >= 11 is 0. The Morgan fingerprint density at radius 3 is 2.45 bits per heavy atom. The predicted octanol–water partition coefficient (Wildman–Crippen LogP) is 2.12. The van der Waals surface area contributed by atoms with Crippen molar-refractivity contribution in [3.05, 3.63) is 69.8 Å². The average molecular weight is 422 g/mol. The molecule has 0 fully saturated rings. The van der Waals surface area contributed by atoms with Gasteiger partial charge in [-0.3, -0.25) is 19.3 Å². The van der Waals surface area contributed by atoms with Crippen LogP contribution in [0.5, 0.6) is 0 Å². The van der Waals surface area contributed by atoms with Crippen molar-refractivity contribution in [1.29, 1.82) is 0 Å². The molecule has 0 bridgehead atoms. The Morgan fingerprint density at radius 1 is 1.03 bits per heavy atom. The number of fused-ring (bicyclic) bond motifs is 1. The summed E-state index contributed by atoms with van der Waals surface area (Å²) in [6.45, 7) is 6.63. The second kappa shape index (κ2) is 9.99. The van der Waals surface area contributed by atoms with E-state index in [1.54, 1.807) is 18.2 Å². The van der Waals surface area contributed by atoms with Crippen LogP contribution >= 0.6 is 0 Å². The molecule has 0 atom stereocenters. The van der Waals surface area contributed by atoms with E-state index in [1.807, 2.05) is 49.9 Å². The summed E-state index contributed by atoms with van der Waals surface area (Å²) in [5.74, 6) is -0.0675. The van der Waals surface area contributed by atoms with Gasteiger partial charge in [-0.2, -0.15) is 0 Å². The van der Waals surface area contributed by atoms with Gasteiger partial charge in [-0.25, -0.2) is 4.98 Å². The maximum atomic E-state index is 12.3. The largest absolute Gasteiger partial charge is 0.346 e. The molecule has 3 N–H and O–H groups in total. The van der Waals surface area contributed by atoms with Gasteiger partial charge in [0.05, 0.1) is 30.5 Å². The number of nitrogens with zero attached hydrogens (tertiary/aromatic N) is 2. The van der Waals surface area contributed by atoms with Crippen molar-refractivity contribution in [3.63, 3.8) is 0 Å². The van der Waals surface area contributed by atoms with E-state index >= 15 is 0 Å². The van der Waals surface area contributed by atoms with Crippen molar-refractivity contribution in [3.8, 4) is 0 Å². The molecule has 8 heteroatoms. The molecule has 31 heavy (non-hydrogen) atoms. The highest BCUT2D eigenvalue weighted by molar-refractivity contribution is 5.95. The third-order valence-corrected chi connectivity index (χ3v) is 5.04. The Balaban J connectivity index is 1.55. The van der Waals surface area contributed by atoms with Crippen LogP contribution in [0.25, 0.3) is 10.9 Å². The minimum atomic E-state index is -0.283. The number of H-pyrrole nitrogens is 1. The Kier molecular flexibility index (Phi) is 7.15. The Bertz CT molecular complexity index is 1140. The zero-order chi connectivity index (χ0) is 22.4. The number of carbonyl (C=O) groups excluding carboxylic acids is 2. The molecule has 0 aliphatic heterocycles. The Morgan fingerprint density at radius 2 is 1.74 bits per heavy atom. The zero-order valence-electron chi connectivity index (χ0n) is 18.0. The SMILES string of the molecule is CCN(CC(=O)NCC(=O)Nc1c(C)cccc1C)Cc1nc2ccccc2c(=O)[nH]1. The summed E-state index contributed by atoms with van der Waals surface area (Å²) in [5.41, 5.74) is 3.11. The first-order valence-corrected chi connectivity index (χ1v) is 10.2. The first-order valence-electron chi connectivity index (χ1n) is 10.2. The van der Waals surface area contributed by atoms with Crippen molar-refractivity contribution in [2.45, 2.75) is 27.3 Å². The van der Waals surface area contributed by atoms with E-state index in [0.717, 1.165) is 16.8 Å². The van der Waals surface area contributed by atoms with Gasteiger partial charge in [0.15, 0.2) is 0 Å². The lowest BCUT2D eigenvalue weighted by atomic mass is 10.1. The summed E-state index contributed by atoms with van der Waals surface area (Å²) in [7, 11) is 0. The highest BCUT2D eigenvalue weighted by atomic mass is 16.2. The fraction of sp³-hybridized carbons (Fsp3) is 0.304. The van der Waals surface area contributed by atoms with E-state index in [4.69, 9.17) is 0 Å². The van der Waals surface area contributed by atoms with E-state index in [0.29, 0.717) is 29.8 Å². The van der Waals surface area contributed by atoms with Crippen LogP contribution in [0.4, 0.5) is 5.69 Å². The minimum Gasteiger partial charge on any atom is -0.346 e. The number of amides is 2. The van der Waals surface area contributed by atoms with Crippen molar-refractivity contribution < 1.29 is 9.59 Å². The number of nitrogens with one attached hydrogen (secondary N) is 3. The minimum absolute atomic E-state index is 0.0870. The number of aryl methyl sites for hydroxylation is 2. The highest BCUT2D eigenvalue weighted by Crippen LogP contribution is 2.19. The van der Waals surface area contributed by atoms with Crippen LogP contribution in [-0.2, 0) is 16.1 Å². The lowest BCUT2D eigenvalue weighted by Gasteiger charge is -2.19. The van der Waals surface area contributed by atoms with Gasteiger partial charge in [-0.05, 0) is 43.7 Å². The smallest absolute Gasteiger partial charge is 0.258 e. The van der Waals surface area contributed by atoms with Crippen LogP contribution in [0.15, 0.2) is 47.3 Å². The summed E-state index contributed by atoms with van der Waals surface area (Å²) < 4.78 is 0. The fourth-order valence-corrected chi connectivity index (χ4v) is 3.33. The van der Waals surface area contributed by atoms with E-state index in [9.17, 15) is 14.4 Å². The molecule has 1 aromatic heterocycles. The number of likely N-dealkylation sites (N-methyl/N-ethyl adjacent to an activating group) is 1. The van der Waals surface area contributed by atoms with Gasteiger partial charge >= 0.3 is 0 Å². The molecule has 1 heterocycles. The Labute approximate surface area is 180 Å². The van der Waals surface area contributed by atoms with Crippen LogP contribution < -0.4 is 16.2 Å². The molecule has 0 aliphatic rings. The summed E-state index contributed by atoms with van der Waals surface area (Å²) in [4.78, 5) is 45.9. The Hall–Kier alpha value is -3.52. The van der Waals surface area contributed by atoms with Crippen LogP contribution in [-0.4, -0.2) is 46.3 Å². The van der Waals surface area contributed by atoms with Gasteiger partial charge in [0.2, 0.25) is 11.8 Å². The first kappa shape index (κ1) is 22.2. The van der Waals surface area contributed by atoms with E-state index in [-0.39, 0.29) is 30.5 Å². The molecule has 162 valence electrons. The molecule has 3 rings (SSSR count). The van der Waals surface area contributed by atoms with Gasteiger partial charge in [0, 0.05) is 5.69 Å². The molecule has 2 aromatic carbocycles.